The summed E-state index contributed by atoms with van der Waals surface area (Å²) in [6.45, 7) is -0.00413. The van der Waals surface area contributed by atoms with Crippen LogP contribution in [0.5, 0.6) is 5.75 Å². The number of carbonyl (C=O) groups excluding carboxylic acids is 3. The molecule has 3 amide bonds. The molecule has 0 bridgehead atoms. The van der Waals surface area contributed by atoms with Crippen molar-refractivity contribution < 1.29 is 39.3 Å². The number of benzene rings is 1. The molecule has 3 atom stereocenters. The van der Waals surface area contributed by atoms with Gasteiger partial charge in [-0.25, -0.2) is 0 Å². The number of phenolic OH excluding ortho intramolecular Hbond substituents is 1. The molecule has 1 aliphatic heterocycles. The number of carboxylic acids is 2. The minimum Gasteiger partial charge on any atom is -0.508 e. The van der Waals surface area contributed by atoms with Gasteiger partial charge in [-0.2, -0.15) is 0 Å². The van der Waals surface area contributed by atoms with Crippen LogP contribution in [-0.4, -0.2) is 76.2 Å². The number of hydrogen-bond donors (Lipinski definition) is 7. The Balaban J connectivity index is 2.14. The van der Waals surface area contributed by atoms with Gasteiger partial charge in [-0.3, -0.25) is 24.0 Å². The zero-order chi connectivity index (χ0) is 24.4. The number of aromatic hydroxyl groups is 1. The van der Waals surface area contributed by atoms with Crippen LogP contribution in [0.2, 0.25) is 0 Å². The maximum absolute atomic E-state index is 12.9. The van der Waals surface area contributed by atoms with Crippen LogP contribution >= 0.6 is 0 Å². The third-order valence-electron chi connectivity index (χ3n) is 5.08. The number of amides is 3. The van der Waals surface area contributed by atoms with Gasteiger partial charge in [0, 0.05) is 12.8 Å². The van der Waals surface area contributed by atoms with E-state index >= 15 is 0 Å². The van der Waals surface area contributed by atoms with Crippen LogP contribution in [0.25, 0.3) is 0 Å². The summed E-state index contributed by atoms with van der Waals surface area (Å²) >= 11 is 0. The monoisotopic (exact) mass is 464 g/mol. The Hall–Kier alpha value is -3.67. The van der Waals surface area contributed by atoms with Crippen LogP contribution in [0.15, 0.2) is 24.3 Å². The summed E-state index contributed by atoms with van der Waals surface area (Å²) in [6.07, 6.45) is 0.774. The topological polar surface area (TPSA) is 194 Å². The first-order chi connectivity index (χ1) is 15.7. The van der Waals surface area contributed by atoms with Crippen molar-refractivity contribution in [2.45, 2.75) is 50.2 Å². The van der Waals surface area contributed by atoms with Crippen molar-refractivity contribution in [1.82, 2.24) is 21.3 Å². The van der Waals surface area contributed by atoms with E-state index in [9.17, 15) is 29.1 Å². The largest absolute Gasteiger partial charge is 0.508 e. The summed E-state index contributed by atoms with van der Waals surface area (Å²) in [4.78, 5) is 59.8. The van der Waals surface area contributed by atoms with E-state index in [4.69, 9.17) is 10.2 Å². The Kier molecular flexibility index (Phi) is 9.61. The summed E-state index contributed by atoms with van der Waals surface area (Å²) in [5, 5.41) is 37.5. The Morgan fingerprint density at radius 1 is 0.970 bits per heavy atom. The Bertz CT molecular complexity index is 868. The molecule has 1 aromatic carbocycles. The maximum Gasteiger partial charge on any atom is 0.322 e. The summed E-state index contributed by atoms with van der Waals surface area (Å²) < 4.78 is 0. The van der Waals surface area contributed by atoms with Gasteiger partial charge in [0.15, 0.2) is 0 Å². The van der Waals surface area contributed by atoms with Crippen LogP contribution < -0.4 is 21.3 Å². The molecular formula is C21H28N4O8. The number of carboxylic acid groups (broad SMARTS) is 2. The summed E-state index contributed by atoms with van der Waals surface area (Å²) in [5.74, 6) is -4.39. The average molecular weight is 464 g/mol. The van der Waals surface area contributed by atoms with Crippen LogP contribution in [0.1, 0.15) is 31.2 Å². The standard InChI is InChI=1S/C21H28N4O8/c26-13-5-3-12(4-6-13)10-16(19(31)23-11-18(29)30)25-21(33)15(7-8-17(27)28)24-20(32)14-2-1-9-22-14/h3-6,14-16,22,26H,1-2,7-11H2,(H,23,31)(H,24,32)(H,25,33)(H,27,28)(H,29,30). The number of carbonyl (C=O) groups is 5. The van der Waals surface area contributed by atoms with Crippen molar-refractivity contribution in [2.75, 3.05) is 13.1 Å². The number of rotatable bonds is 12. The first-order valence-electron chi connectivity index (χ1n) is 10.5. The van der Waals surface area contributed by atoms with Crippen molar-refractivity contribution in [3.05, 3.63) is 29.8 Å². The lowest BCUT2D eigenvalue weighted by Crippen LogP contribution is -2.56. The molecule has 2 rings (SSSR count). The van der Waals surface area contributed by atoms with Gasteiger partial charge in [0.1, 0.15) is 24.4 Å². The number of aliphatic carboxylic acids is 2. The number of phenols is 1. The fourth-order valence-corrected chi connectivity index (χ4v) is 3.35. The normalized spacial score (nSPS) is 16.9. The molecule has 1 fully saturated rings. The van der Waals surface area contributed by atoms with E-state index in [1.807, 2.05) is 0 Å². The van der Waals surface area contributed by atoms with Gasteiger partial charge in [0.25, 0.3) is 0 Å². The Morgan fingerprint density at radius 3 is 2.24 bits per heavy atom. The highest BCUT2D eigenvalue weighted by Gasteiger charge is 2.30. The maximum atomic E-state index is 12.9. The number of nitrogens with one attached hydrogen (secondary N) is 4. The van der Waals surface area contributed by atoms with Crippen LogP contribution in [-0.2, 0) is 30.4 Å². The predicted octanol–water partition coefficient (Wildman–Crippen LogP) is -1.28. The molecule has 0 aliphatic carbocycles. The van der Waals surface area contributed by atoms with Crippen molar-refractivity contribution in [1.29, 1.82) is 0 Å². The summed E-state index contributed by atoms with van der Waals surface area (Å²) in [7, 11) is 0. The molecule has 12 heteroatoms. The van der Waals surface area contributed by atoms with Crippen LogP contribution in [0, 0.1) is 0 Å². The lowest BCUT2D eigenvalue weighted by atomic mass is 10.0. The first kappa shape index (κ1) is 25.6. The Labute approximate surface area is 189 Å². The fourth-order valence-electron chi connectivity index (χ4n) is 3.35. The average Bonchev–Trinajstić information content (AvgIpc) is 3.30. The first-order valence-corrected chi connectivity index (χ1v) is 10.5. The molecule has 180 valence electrons. The predicted molar refractivity (Wildman–Crippen MR) is 114 cm³/mol. The zero-order valence-corrected chi connectivity index (χ0v) is 17.9. The molecule has 33 heavy (non-hydrogen) atoms. The van der Waals surface area contributed by atoms with Crippen molar-refractivity contribution >= 4 is 29.7 Å². The van der Waals surface area contributed by atoms with Crippen molar-refractivity contribution in [3.8, 4) is 5.75 Å². The lowest BCUT2D eigenvalue weighted by Gasteiger charge is -2.24. The zero-order valence-electron chi connectivity index (χ0n) is 17.9. The van der Waals surface area contributed by atoms with Gasteiger partial charge >= 0.3 is 11.9 Å². The Morgan fingerprint density at radius 2 is 1.67 bits per heavy atom. The smallest absolute Gasteiger partial charge is 0.322 e. The minimum atomic E-state index is -1.27. The fraction of sp³-hybridized carbons (Fsp3) is 0.476. The molecule has 0 saturated carbocycles. The van der Waals surface area contributed by atoms with Gasteiger partial charge in [-0.1, -0.05) is 12.1 Å². The molecule has 1 aromatic rings. The second-order valence-corrected chi connectivity index (χ2v) is 7.69. The molecule has 1 aliphatic rings. The van der Waals surface area contributed by atoms with E-state index in [1.165, 1.54) is 24.3 Å². The van der Waals surface area contributed by atoms with E-state index in [-0.39, 0.29) is 25.0 Å². The second-order valence-electron chi connectivity index (χ2n) is 7.69. The van der Waals surface area contributed by atoms with Gasteiger partial charge < -0.3 is 36.6 Å². The molecule has 12 nitrogen and oxygen atoms in total. The van der Waals surface area contributed by atoms with E-state index in [1.54, 1.807) is 0 Å². The highest BCUT2D eigenvalue weighted by atomic mass is 16.4. The molecular weight excluding hydrogens is 436 g/mol. The quantitative estimate of drug-likeness (QED) is 0.197. The van der Waals surface area contributed by atoms with E-state index in [2.05, 4.69) is 21.3 Å². The van der Waals surface area contributed by atoms with Gasteiger partial charge in [-0.15, -0.1) is 0 Å². The highest BCUT2D eigenvalue weighted by molar-refractivity contribution is 5.94. The molecule has 0 radical (unpaired) electrons. The van der Waals surface area contributed by atoms with E-state index < -0.39 is 54.3 Å². The summed E-state index contributed by atoms with van der Waals surface area (Å²) in [6, 6.07) is 2.97. The lowest BCUT2D eigenvalue weighted by molar-refractivity contribution is -0.138. The number of hydrogen-bond acceptors (Lipinski definition) is 7. The third-order valence-corrected chi connectivity index (χ3v) is 5.08. The second kappa shape index (κ2) is 12.4. The van der Waals surface area contributed by atoms with Gasteiger partial charge in [0.2, 0.25) is 17.7 Å². The molecule has 7 N–H and O–H groups in total. The molecule has 0 aromatic heterocycles. The molecule has 1 heterocycles. The SMILES string of the molecule is O=C(O)CCC(NC(=O)C1CCCN1)C(=O)NC(Cc1ccc(O)cc1)C(=O)NCC(=O)O. The third kappa shape index (κ3) is 8.77. The minimum absolute atomic E-state index is 0.00614. The van der Waals surface area contributed by atoms with Crippen LogP contribution in [0.4, 0.5) is 0 Å². The molecule has 1 saturated heterocycles. The van der Waals surface area contributed by atoms with Gasteiger partial charge in [-0.05, 0) is 43.5 Å². The van der Waals surface area contributed by atoms with E-state index in [0.717, 1.165) is 6.42 Å². The van der Waals surface area contributed by atoms with Crippen LogP contribution in [0.3, 0.4) is 0 Å². The van der Waals surface area contributed by atoms with Crippen molar-refractivity contribution in [2.24, 2.45) is 0 Å². The van der Waals surface area contributed by atoms with Gasteiger partial charge in [0.05, 0.1) is 6.04 Å². The molecule has 3 unspecified atom stereocenters. The van der Waals surface area contributed by atoms with Crippen molar-refractivity contribution in [3.63, 3.8) is 0 Å². The molecule has 0 spiro atoms. The highest BCUT2D eigenvalue weighted by Crippen LogP contribution is 2.12. The van der Waals surface area contributed by atoms with E-state index in [0.29, 0.717) is 18.5 Å². The summed E-state index contributed by atoms with van der Waals surface area (Å²) in [5.41, 5.74) is 0.574.